The molecule has 0 bridgehead atoms. The summed E-state index contributed by atoms with van der Waals surface area (Å²) in [6.07, 6.45) is -11.7. The largest absolute Gasteiger partial charge is 0.394 e. The number of aliphatic hydroxyl groups excluding tert-OH is 7. The summed E-state index contributed by atoms with van der Waals surface area (Å²) in [6.45, 7) is -0.864. The number of carbonyl (C=O) groups excluding carboxylic acids is 1. The van der Waals surface area contributed by atoms with Crippen LogP contribution in [-0.4, -0.2) is 85.3 Å². The minimum Gasteiger partial charge on any atom is -0.394 e. The van der Waals surface area contributed by atoms with Crippen LogP contribution < -0.4 is 0 Å². The van der Waals surface area contributed by atoms with E-state index in [1.165, 1.54) is 0 Å². The monoisotopic (exact) mass is 240 g/mol. The quantitative estimate of drug-likeness (QED) is 0.219. The summed E-state index contributed by atoms with van der Waals surface area (Å²) < 4.78 is 0. The SMILES string of the molecule is O=C[C@@H](O)[C@H](O)[C@@H](O)[C@@H](O)[C@H](O)[C@H](O)CO. The fraction of sp³-hybridized carbons (Fsp3) is 0.875. The molecular weight excluding hydrogens is 224 g/mol. The van der Waals surface area contributed by atoms with Gasteiger partial charge in [-0.15, -0.1) is 0 Å². The van der Waals surface area contributed by atoms with Crippen LogP contribution in [0.2, 0.25) is 0 Å². The molecule has 0 heterocycles. The van der Waals surface area contributed by atoms with Gasteiger partial charge in [-0.3, -0.25) is 0 Å². The third kappa shape index (κ3) is 3.76. The zero-order valence-corrected chi connectivity index (χ0v) is 8.29. The molecule has 96 valence electrons. The lowest BCUT2D eigenvalue weighted by Crippen LogP contribution is -2.53. The molecule has 0 saturated heterocycles. The van der Waals surface area contributed by atoms with Crippen molar-refractivity contribution in [2.45, 2.75) is 36.6 Å². The van der Waals surface area contributed by atoms with Crippen LogP contribution in [0.5, 0.6) is 0 Å². The van der Waals surface area contributed by atoms with Gasteiger partial charge in [0, 0.05) is 0 Å². The van der Waals surface area contributed by atoms with Gasteiger partial charge >= 0.3 is 0 Å². The zero-order valence-electron chi connectivity index (χ0n) is 8.29. The van der Waals surface area contributed by atoms with Gasteiger partial charge in [0.1, 0.15) is 36.6 Å². The van der Waals surface area contributed by atoms with Crippen molar-refractivity contribution >= 4 is 6.29 Å². The second-order valence-electron chi connectivity index (χ2n) is 3.34. The van der Waals surface area contributed by atoms with Crippen LogP contribution in [0.15, 0.2) is 0 Å². The van der Waals surface area contributed by atoms with Crippen LogP contribution in [0.4, 0.5) is 0 Å². The van der Waals surface area contributed by atoms with Gasteiger partial charge in [0.15, 0.2) is 6.29 Å². The summed E-state index contributed by atoms with van der Waals surface area (Å²) in [5.41, 5.74) is 0. The molecule has 8 nitrogen and oxygen atoms in total. The Kier molecular flexibility index (Phi) is 6.60. The van der Waals surface area contributed by atoms with Crippen molar-refractivity contribution in [2.75, 3.05) is 6.61 Å². The summed E-state index contributed by atoms with van der Waals surface area (Å²) in [6, 6.07) is 0. The van der Waals surface area contributed by atoms with Crippen LogP contribution in [0.3, 0.4) is 0 Å². The number of aliphatic hydroxyl groups is 7. The fourth-order valence-electron chi connectivity index (χ4n) is 1.02. The van der Waals surface area contributed by atoms with E-state index in [1.54, 1.807) is 0 Å². The number of hydrogen-bond donors (Lipinski definition) is 7. The molecule has 0 saturated carbocycles. The molecule has 8 heteroatoms. The minimum absolute atomic E-state index is 0.0601. The van der Waals surface area contributed by atoms with Gasteiger partial charge in [-0.1, -0.05) is 0 Å². The molecule has 0 aliphatic heterocycles. The van der Waals surface area contributed by atoms with Crippen LogP contribution in [0.1, 0.15) is 0 Å². The van der Waals surface area contributed by atoms with E-state index < -0.39 is 43.2 Å². The third-order valence-corrected chi connectivity index (χ3v) is 2.12. The van der Waals surface area contributed by atoms with Gasteiger partial charge in [-0.2, -0.15) is 0 Å². The van der Waals surface area contributed by atoms with E-state index in [2.05, 4.69) is 0 Å². The predicted octanol–water partition coefficient (Wildman–Crippen LogP) is -4.66. The lowest BCUT2D eigenvalue weighted by atomic mass is 9.97. The van der Waals surface area contributed by atoms with Gasteiger partial charge in [-0.25, -0.2) is 0 Å². The summed E-state index contributed by atoms with van der Waals surface area (Å²) in [7, 11) is 0. The van der Waals surface area contributed by atoms with Crippen LogP contribution in [0, 0.1) is 0 Å². The first kappa shape index (κ1) is 15.4. The van der Waals surface area contributed by atoms with Gasteiger partial charge in [0.25, 0.3) is 0 Å². The topological polar surface area (TPSA) is 159 Å². The standard InChI is InChI=1S/C8H16O8/c9-1-3(11)5(13)7(15)8(16)6(14)4(12)2-10/h1,3-8,10-16H,2H2/t3-,4-,5+,6-,7-,8+/m1/s1. The fourth-order valence-corrected chi connectivity index (χ4v) is 1.02. The molecule has 0 aliphatic carbocycles. The maximum atomic E-state index is 10.1. The Morgan fingerprint density at radius 2 is 1.25 bits per heavy atom. The third-order valence-electron chi connectivity index (χ3n) is 2.12. The number of rotatable bonds is 7. The van der Waals surface area contributed by atoms with Crippen molar-refractivity contribution in [3.63, 3.8) is 0 Å². The van der Waals surface area contributed by atoms with E-state index in [0.29, 0.717) is 0 Å². The van der Waals surface area contributed by atoms with Crippen molar-refractivity contribution < 1.29 is 40.5 Å². The number of carbonyl (C=O) groups is 1. The second-order valence-corrected chi connectivity index (χ2v) is 3.34. The molecule has 0 fully saturated rings. The van der Waals surface area contributed by atoms with Crippen molar-refractivity contribution in [1.82, 2.24) is 0 Å². The van der Waals surface area contributed by atoms with Crippen molar-refractivity contribution in [3.05, 3.63) is 0 Å². The van der Waals surface area contributed by atoms with Gasteiger partial charge < -0.3 is 40.5 Å². The first-order chi connectivity index (χ1) is 7.36. The van der Waals surface area contributed by atoms with Crippen LogP contribution >= 0.6 is 0 Å². The Labute approximate surface area is 91.0 Å². The summed E-state index contributed by atoms with van der Waals surface area (Å²) >= 11 is 0. The van der Waals surface area contributed by atoms with E-state index in [4.69, 9.17) is 25.5 Å². The van der Waals surface area contributed by atoms with Crippen LogP contribution in [-0.2, 0) is 4.79 Å². The molecule has 0 rings (SSSR count). The Morgan fingerprint density at radius 3 is 1.62 bits per heavy atom. The maximum Gasteiger partial charge on any atom is 0.151 e. The molecule has 7 N–H and O–H groups in total. The Bertz CT molecular complexity index is 210. The Balaban J connectivity index is 4.47. The van der Waals surface area contributed by atoms with Gasteiger partial charge in [0.05, 0.1) is 6.61 Å². The highest BCUT2D eigenvalue weighted by Crippen LogP contribution is 2.10. The molecule has 0 aliphatic rings. The molecule has 0 aromatic rings. The van der Waals surface area contributed by atoms with Crippen molar-refractivity contribution in [3.8, 4) is 0 Å². The molecule has 0 amide bonds. The lowest BCUT2D eigenvalue weighted by Gasteiger charge is -2.29. The van der Waals surface area contributed by atoms with Crippen molar-refractivity contribution in [1.29, 1.82) is 0 Å². The molecule has 0 aromatic heterocycles. The number of aldehydes is 1. The molecule has 0 spiro atoms. The maximum absolute atomic E-state index is 10.1. The highest BCUT2D eigenvalue weighted by Gasteiger charge is 2.36. The second kappa shape index (κ2) is 6.86. The van der Waals surface area contributed by atoms with Gasteiger partial charge in [0.2, 0.25) is 0 Å². The molecule has 16 heavy (non-hydrogen) atoms. The summed E-state index contributed by atoms with van der Waals surface area (Å²) in [4.78, 5) is 10.1. The molecule has 0 radical (unpaired) electrons. The highest BCUT2D eigenvalue weighted by atomic mass is 16.4. The Hall–Kier alpha value is -0.610. The average Bonchev–Trinajstić information content (AvgIpc) is 2.32. The lowest BCUT2D eigenvalue weighted by molar-refractivity contribution is -0.159. The summed E-state index contributed by atoms with van der Waals surface area (Å²) in [5.74, 6) is 0. The minimum atomic E-state index is -2.05. The van der Waals surface area contributed by atoms with E-state index in [1.807, 2.05) is 0 Å². The number of hydrogen-bond acceptors (Lipinski definition) is 8. The van der Waals surface area contributed by atoms with E-state index in [0.717, 1.165) is 0 Å². The zero-order chi connectivity index (χ0) is 12.9. The molecular formula is C8H16O8. The smallest absolute Gasteiger partial charge is 0.151 e. The normalized spacial score (nSPS) is 22.9. The van der Waals surface area contributed by atoms with Crippen molar-refractivity contribution in [2.24, 2.45) is 0 Å². The van der Waals surface area contributed by atoms with E-state index in [9.17, 15) is 15.0 Å². The molecule has 0 unspecified atom stereocenters. The molecule has 0 aromatic carbocycles. The predicted molar refractivity (Wildman–Crippen MR) is 49.2 cm³/mol. The first-order valence-electron chi connectivity index (χ1n) is 4.51. The Morgan fingerprint density at radius 1 is 0.812 bits per heavy atom. The van der Waals surface area contributed by atoms with Crippen LogP contribution in [0.25, 0.3) is 0 Å². The highest BCUT2D eigenvalue weighted by molar-refractivity contribution is 5.56. The first-order valence-corrected chi connectivity index (χ1v) is 4.51. The summed E-state index contributed by atoms with van der Waals surface area (Å²) in [5, 5.41) is 63.0. The van der Waals surface area contributed by atoms with Gasteiger partial charge in [-0.05, 0) is 0 Å². The van der Waals surface area contributed by atoms with E-state index in [-0.39, 0.29) is 6.29 Å². The van der Waals surface area contributed by atoms with E-state index >= 15 is 0 Å². The average molecular weight is 240 g/mol. The molecule has 6 atom stereocenters.